The van der Waals surface area contributed by atoms with Gasteiger partial charge in [-0.1, -0.05) is 23.9 Å². The molecule has 8 nitrogen and oxygen atoms in total. The number of amidine groups is 1. The van der Waals surface area contributed by atoms with Crippen molar-refractivity contribution in [2.45, 2.75) is 45.7 Å². The van der Waals surface area contributed by atoms with Crippen LogP contribution in [0, 0.1) is 13.8 Å². The lowest BCUT2D eigenvalue weighted by atomic mass is 10.1. The highest BCUT2D eigenvalue weighted by Crippen LogP contribution is 2.30. The Bertz CT molecular complexity index is 1090. The number of thioether (sulfide) groups is 1. The number of anilines is 1. The summed E-state index contributed by atoms with van der Waals surface area (Å²) in [4.78, 5) is 39.0. The van der Waals surface area contributed by atoms with E-state index in [2.05, 4.69) is 25.6 Å². The summed E-state index contributed by atoms with van der Waals surface area (Å²) in [6.45, 7) is 7.55. The highest BCUT2D eigenvalue weighted by molar-refractivity contribution is 7.98. The molecule has 0 fully saturated rings. The lowest BCUT2D eigenvalue weighted by molar-refractivity contribution is -0.137. The minimum Gasteiger partial charge on any atom is -0.462 e. The number of hydrogen-bond acceptors (Lipinski definition) is 8. The van der Waals surface area contributed by atoms with Crippen molar-refractivity contribution >= 4 is 40.8 Å². The number of hydrogen-bond donors (Lipinski definition) is 2. The van der Waals surface area contributed by atoms with Crippen LogP contribution >= 0.6 is 11.8 Å². The number of amides is 1. The van der Waals surface area contributed by atoms with Crippen LogP contribution in [0.2, 0.25) is 0 Å². The van der Waals surface area contributed by atoms with Crippen molar-refractivity contribution in [2.24, 2.45) is 4.99 Å². The van der Waals surface area contributed by atoms with Crippen LogP contribution in [-0.2, 0) is 20.7 Å². The number of fused-ring (bicyclic) bond motifs is 1. The van der Waals surface area contributed by atoms with E-state index in [1.807, 2.05) is 44.4 Å². The second-order valence-electron chi connectivity index (χ2n) is 7.23. The maximum absolute atomic E-state index is 12.9. The molecule has 0 radical (unpaired) electrons. The molecule has 2 heterocycles. The predicted octanol–water partition coefficient (Wildman–Crippen LogP) is 3.86. The van der Waals surface area contributed by atoms with E-state index in [0.29, 0.717) is 23.0 Å². The molecule has 1 aromatic carbocycles. The predicted molar refractivity (Wildman–Crippen MR) is 126 cm³/mol. The van der Waals surface area contributed by atoms with Crippen LogP contribution in [0.25, 0.3) is 0 Å². The second kappa shape index (κ2) is 10.4. The molecule has 0 saturated heterocycles. The average Bonchev–Trinajstić information content (AvgIpc) is 2.88. The van der Waals surface area contributed by atoms with Crippen molar-refractivity contribution in [3.8, 4) is 0 Å². The van der Waals surface area contributed by atoms with Crippen LogP contribution in [0.3, 0.4) is 0 Å². The molecule has 0 unspecified atom stereocenters. The van der Waals surface area contributed by atoms with E-state index in [0.717, 1.165) is 22.6 Å². The Kier molecular flexibility index (Phi) is 7.63. The van der Waals surface area contributed by atoms with E-state index in [1.165, 1.54) is 11.8 Å². The van der Waals surface area contributed by atoms with E-state index in [-0.39, 0.29) is 30.3 Å². The summed E-state index contributed by atoms with van der Waals surface area (Å²) < 4.78 is 5.21. The number of allylic oxidation sites excluding steroid dienone is 1. The quantitative estimate of drug-likeness (QED) is 0.389. The molecule has 32 heavy (non-hydrogen) atoms. The highest BCUT2D eigenvalue weighted by Gasteiger charge is 2.26. The first-order chi connectivity index (χ1) is 15.3. The fraction of sp³-hybridized carbons (Fsp3) is 0.348. The minimum absolute atomic E-state index is 0.172. The first-order valence-corrected chi connectivity index (χ1v) is 11.6. The highest BCUT2D eigenvalue weighted by atomic mass is 32.2. The normalized spacial score (nSPS) is 13.0. The number of rotatable bonds is 6. The van der Waals surface area contributed by atoms with Gasteiger partial charge in [-0.15, -0.1) is 0 Å². The summed E-state index contributed by atoms with van der Waals surface area (Å²) in [5.41, 5.74) is 4.80. The van der Waals surface area contributed by atoms with E-state index < -0.39 is 5.97 Å². The first-order valence-electron chi connectivity index (χ1n) is 10.3. The van der Waals surface area contributed by atoms with Crippen LogP contribution < -0.4 is 10.6 Å². The van der Waals surface area contributed by atoms with Crippen LogP contribution in [-0.4, -0.2) is 40.5 Å². The van der Waals surface area contributed by atoms with Crippen LogP contribution in [0.15, 0.2) is 45.7 Å². The van der Waals surface area contributed by atoms with Gasteiger partial charge in [0.1, 0.15) is 11.4 Å². The zero-order valence-electron chi connectivity index (χ0n) is 18.9. The molecule has 2 N–H and O–H groups in total. The lowest BCUT2D eigenvalue weighted by Gasteiger charge is -2.14. The fourth-order valence-electron chi connectivity index (χ4n) is 3.43. The Morgan fingerprint density at radius 1 is 1.12 bits per heavy atom. The Labute approximate surface area is 192 Å². The van der Waals surface area contributed by atoms with E-state index in [9.17, 15) is 9.59 Å². The van der Waals surface area contributed by atoms with Crippen molar-refractivity contribution in [3.63, 3.8) is 0 Å². The molecule has 0 saturated carbocycles. The molecule has 2 aromatic rings. The molecule has 0 aliphatic carbocycles. The molecular formula is C23H27N5O3S. The van der Waals surface area contributed by atoms with Crippen LogP contribution in [0.4, 0.5) is 11.4 Å². The van der Waals surface area contributed by atoms with Crippen LogP contribution in [0.5, 0.6) is 0 Å². The maximum Gasteiger partial charge on any atom is 0.343 e. The molecule has 9 heteroatoms. The number of aliphatic imine (C=N–C) groups is 1. The van der Waals surface area contributed by atoms with E-state index >= 15 is 0 Å². The molecule has 3 rings (SSSR count). The molecule has 1 amide bonds. The second-order valence-corrected chi connectivity index (χ2v) is 8.00. The summed E-state index contributed by atoms with van der Waals surface area (Å²) in [6.07, 6.45) is 2.61. The Balaban J connectivity index is 1.84. The molecule has 0 spiro atoms. The van der Waals surface area contributed by atoms with Gasteiger partial charge in [-0.2, -0.15) is 0 Å². The average molecular weight is 454 g/mol. The SMILES string of the molecule is CCOC(=O)C1=C(C)Nc2ccccc2N=C1NC(=O)CCc1c(C)nc(SC)nc1C. The Morgan fingerprint density at radius 2 is 1.81 bits per heavy atom. The van der Waals surface area contributed by atoms with Crippen LogP contribution in [0.1, 0.15) is 37.2 Å². The van der Waals surface area contributed by atoms with Gasteiger partial charge in [0, 0.05) is 23.5 Å². The number of aromatic nitrogens is 2. The Hall–Kier alpha value is -3.20. The number of carbonyl (C=O) groups is 2. The largest absolute Gasteiger partial charge is 0.462 e. The standard InChI is InChI=1S/C23H27N5O3S/c1-6-31-22(30)20-15(4)24-17-9-7-8-10-18(17)27-21(20)28-19(29)12-11-16-13(2)25-23(32-5)26-14(16)3/h7-10,24H,6,11-12H2,1-5H3,(H,27,28,29). The van der Waals surface area contributed by atoms with E-state index in [1.54, 1.807) is 13.8 Å². The van der Waals surface area contributed by atoms with Gasteiger partial charge >= 0.3 is 5.97 Å². The number of esters is 1. The number of nitrogens with one attached hydrogen (secondary N) is 2. The summed E-state index contributed by atoms with van der Waals surface area (Å²) in [7, 11) is 0. The van der Waals surface area contributed by atoms with Crippen molar-refractivity contribution < 1.29 is 14.3 Å². The molecule has 1 aliphatic rings. The zero-order valence-corrected chi connectivity index (χ0v) is 19.7. The van der Waals surface area contributed by atoms with Crippen molar-refractivity contribution in [2.75, 3.05) is 18.2 Å². The van der Waals surface area contributed by atoms with Gasteiger partial charge in [-0.25, -0.2) is 19.8 Å². The zero-order chi connectivity index (χ0) is 23.3. The van der Waals surface area contributed by atoms with Crippen molar-refractivity contribution in [1.82, 2.24) is 15.3 Å². The third kappa shape index (κ3) is 5.34. The van der Waals surface area contributed by atoms with Gasteiger partial charge in [0.05, 0.1) is 18.0 Å². The van der Waals surface area contributed by atoms with Gasteiger partial charge in [-0.3, -0.25) is 4.79 Å². The molecule has 0 bridgehead atoms. The summed E-state index contributed by atoms with van der Waals surface area (Å²) >= 11 is 1.48. The van der Waals surface area contributed by atoms with Crippen molar-refractivity contribution in [3.05, 3.63) is 52.5 Å². The molecular weight excluding hydrogens is 426 g/mol. The number of para-hydroxylation sites is 2. The van der Waals surface area contributed by atoms with Gasteiger partial charge in [0.25, 0.3) is 0 Å². The van der Waals surface area contributed by atoms with Gasteiger partial charge in [-0.05, 0) is 58.1 Å². The molecule has 1 aromatic heterocycles. The number of nitrogens with zero attached hydrogens (tertiary/aromatic N) is 3. The fourth-order valence-corrected chi connectivity index (χ4v) is 3.89. The molecule has 0 atom stereocenters. The third-order valence-electron chi connectivity index (χ3n) is 4.99. The van der Waals surface area contributed by atoms with Gasteiger partial charge in [0.15, 0.2) is 5.16 Å². The van der Waals surface area contributed by atoms with Crippen molar-refractivity contribution in [1.29, 1.82) is 0 Å². The Morgan fingerprint density at radius 3 is 2.47 bits per heavy atom. The first kappa shape index (κ1) is 23.5. The maximum atomic E-state index is 12.9. The molecule has 1 aliphatic heterocycles. The molecule has 168 valence electrons. The third-order valence-corrected chi connectivity index (χ3v) is 5.54. The summed E-state index contributed by atoms with van der Waals surface area (Å²) in [6, 6.07) is 7.39. The number of aryl methyl sites for hydroxylation is 2. The summed E-state index contributed by atoms with van der Waals surface area (Å²) in [5, 5.41) is 6.73. The van der Waals surface area contributed by atoms with E-state index in [4.69, 9.17) is 4.74 Å². The summed E-state index contributed by atoms with van der Waals surface area (Å²) in [5.74, 6) is -0.631. The topological polar surface area (TPSA) is 106 Å². The number of carbonyl (C=O) groups excluding carboxylic acids is 2. The monoisotopic (exact) mass is 453 g/mol. The lowest BCUT2D eigenvalue weighted by Crippen LogP contribution is -2.35. The number of ether oxygens (including phenoxy) is 1. The van der Waals surface area contributed by atoms with Gasteiger partial charge in [0.2, 0.25) is 5.91 Å². The number of benzene rings is 1. The minimum atomic E-state index is -0.544. The smallest absolute Gasteiger partial charge is 0.343 e. The van der Waals surface area contributed by atoms with Gasteiger partial charge < -0.3 is 15.4 Å².